The summed E-state index contributed by atoms with van der Waals surface area (Å²) >= 11 is 0. The van der Waals surface area contributed by atoms with Gasteiger partial charge in [0.1, 0.15) is 0 Å². The van der Waals surface area contributed by atoms with Gasteiger partial charge in [-0.25, -0.2) is 4.79 Å². The summed E-state index contributed by atoms with van der Waals surface area (Å²) in [5.74, 6) is -0.398. The number of unbranched alkanes of at least 4 members (excludes halogenated alkanes) is 4. The van der Waals surface area contributed by atoms with E-state index < -0.39 is 5.97 Å². The highest BCUT2D eigenvalue weighted by molar-refractivity contribution is 5.86. The van der Waals surface area contributed by atoms with Crippen LogP contribution in [0.2, 0.25) is 0 Å². The number of aromatic nitrogens is 3. The third-order valence-electron chi connectivity index (χ3n) is 2.51. The molecule has 0 aliphatic carbocycles. The molecule has 0 bridgehead atoms. The van der Waals surface area contributed by atoms with Gasteiger partial charge in [0.15, 0.2) is 5.69 Å². The summed E-state index contributed by atoms with van der Waals surface area (Å²) in [5, 5.41) is 7.69. The summed E-state index contributed by atoms with van der Waals surface area (Å²) in [6, 6.07) is 0. The van der Waals surface area contributed by atoms with Crippen LogP contribution in [0.5, 0.6) is 0 Å². The number of carbonyl (C=O) groups is 1. The lowest BCUT2D eigenvalue weighted by molar-refractivity contribution is 0.0519. The summed E-state index contributed by atoms with van der Waals surface area (Å²) < 4.78 is 6.55. The molecule has 5 nitrogen and oxygen atoms in total. The van der Waals surface area contributed by atoms with Crippen molar-refractivity contribution in [1.29, 1.82) is 0 Å². The van der Waals surface area contributed by atoms with Gasteiger partial charge in [0.2, 0.25) is 0 Å². The SMILES string of the molecule is CCCCCCCn1cc(C(=O)OCC)nn1. The normalized spacial score (nSPS) is 10.5. The first-order chi connectivity index (χ1) is 8.27. The van der Waals surface area contributed by atoms with Crippen LogP contribution in [0.4, 0.5) is 0 Å². The van der Waals surface area contributed by atoms with Gasteiger partial charge in [-0.05, 0) is 13.3 Å². The molecule has 0 aromatic carbocycles. The molecule has 96 valence electrons. The largest absolute Gasteiger partial charge is 0.461 e. The van der Waals surface area contributed by atoms with Crippen molar-refractivity contribution in [3.05, 3.63) is 11.9 Å². The van der Waals surface area contributed by atoms with E-state index in [1.165, 1.54) is 25.7 Å². The first kappa shape index (κ1) is 13.7. The summed E-state index contributed by atoms with van der Waals surface area (Å²) in [6.07, 6.45) is 7.71. The van der Waals surface area contributed by atoms with Crippen molar-refractivity contribution in [1.82, 2.24) is 15.0 Å². The minimum absolute atomic E-state index is 0.292. The minimum atomic E-state index is -0.398. The van der Waals surface area contributed by atoms with Gasteiger partial charge in [0.25, 0.3) is 0 Å². The fourth-order valence-electron chi connectivity index (χ4n) is 1.58. The predicted octanol–water partition coefficient (Wildman–Crippen LogP) is 2.43. The van der Waals surface area contributed by atoms with Gasteiger partial charge in [-0.2, -0.15) is 0 Å². The molecule has 0 atom stereocenters. The van der Waals surface area contributed by atoms with Gasteiger partial charge < -0.3 is 4.74 Å². The second-order valence-corrected chi connectivity index (χ2v) is 4.00. The zero-order valence-corrected chi connectivity index (χ0v) is 10.7. The molecule has 17 heavy (non-hydrogen) atoms. The van der Waals surface area contributed by atoms with Gasteiger partial charge in [-0.3, -0.25) is 4.68 Å². The van der Waals surface area contributed by atoms with Crippen LogP contribution < -0.4 is 0 Å². The molecular formula is C12H21N3O2. The van der Waals surface area contributed by atoms with Crippen molar-refractivity contribution < 1.29 is 9.53 Å². The molecule has 0 amide bonds. The quantitative estimate of drug-likeness (QED) is 0.516. The van der Waals surface area contributed by atoms with Gasteiger partial charge in [-0.1, -0.05) is 37.8 Å². The van der Waals surface area contributed by atoms with E-state index in [1.54, 1.807) is 17.8 Å². The van der Waals surface area contributed by atoms with E-state index in [2.05, 4.69) is 17.2 Å². The maximum atomic E-state index is 11.3. The van der Waals surface area contributed by atoms with Crippen LogP contribution in [0.3, 0.4) is 0 Å². The Morgan fingerprint density at radius 2 is 2.06 bits per heavy atom. The van der Waals surface area contributed by atoms with E-state index >= 15 is 0 Å². The molecule has 0 aliphatic rings. The monoisotopic (exact) mass is 239 g/mol. The smallest absolute Gasteiger partial charge is 0.360 e. The zero-order valence-electron chi connectivity index (χ0n) is 10.7. The number of hydrogen-bond donors (Lipinski definition) is 0. The number of esters is 1. The van der Waals surface area contributed by atoms with Crippen molar-refractivity contribution in [3.63, 3.8) is 0 Å². The second kappa shape index (κ2) is 7.81. The van der Waals surface area contributed by atoms with Crippen LogP contribution in [-0.2, 0) is 11.3 Å². The molecule has 0 fully saturated rings. The summed E-state index contributed by atoms with van der Waals surface area (Å²) in [4.78, 5) is 11.3. The fourth-order valence-corrected chi connectivity index (χ4v) is 1.58. The molecule has 0 unspecified atom stereocenters. The molecule has 0 radical (unpaired) electrons. The Labute approximate surface area is 102 Å². The average Bonchev–Trinajstić information content (AvgIpc) is 2.78. The van der Waals surface area contributed by atoms with E-state index in [0.717, 1.165) is 13.0 Å². The number of carbonyl (C=O) groups excluding carboxylic acids is 1. The lowest BCUT2D eigenvalue weighted by Gasteiger charge is -1.99. The van der Waals surface area contributed by atoms with E-state index in [0.29, 0.717) is 12.3 Å². The van der Waals surface area contributed by atoms with Crippen LogP contribution >= 0.6 is 0 Å². The van der Waals surface area contributed by atoms with Gasteiger partial charge in [0.05, 0.1) is 12.8 Å². The first-order valence-corrected chi connectivity index (χ1v) is 6.35. The Bertz CT molecular complexity index is 336. The number of rotatable bonds is 8. The van der Waals surface area contributed by atoms with Crippen LogP contribution in [0.25, 0.3) is 0 Å². The van der Waals surface area contributed by atoms with Crippen LogP contribution in [0.1, 0.15) is 56.4 Å². The van der Waals surface area contributed by atoms with Crippen molar-refractivity contribution in [2.75, 3.05) is 6.61 Å². The second-order valence-electron chi connectivity index (χ2n) is 4.00. The molecule has 0 aliphatic heterocycles. The summed E-state index contributed by atoms with van der Waals surface area (Å²) in [5.41, 5.74) is 0.292. The van der Waals surface area contributed by atoms with Crippen molar-refractivity contribution in [2.45, 2.75) is 52.5 Å². The van der Waals surface area contributed by atoms with Crippen LogP contribution in [0, 0.1) is 0 Å². The highest BCUT2D eigenvalue weighted by Crippen LogP contribution is 2.04. The molecule has 1 aromatic heterocycles. The number of nitrogens with zero attached hydrogens (tertiary/aromatic N) is 3. The summed E-state index contributed by atoms with van der Waals surface area (Å²) in [6.45, 7) is 5.15. The summed E-state index contributed by atoms with van der Waals surface area (Å²) in [7, 11) is 0. The molecule has 0 saturated carbocycles. The number of hydrogen-bond acceptors (Lipinski definition) is 4. The molecule has 1 aromatic rings. The lowest BCUT2D eigenvalue weighted by Crippen LogP contribution is -2.04. The Kier molecular flexibility index (Phi) is 6.29. The Morgan fingerprint density at radius 1 is 1.29 bits per heavy atom. The maximum absolute atomic E-state index is 11.3. The topological polar surface area (TPSA) is 57.0 Å². The van der Waals surface area contributed by atoms with E-state index in [4.69, 9.17) is 4.74 Å². The number of aryl methyl sites for hydroxylation is 1. The minimum Gasteiger partial charge on any atom is -0.461 e. The standard InChI is InChI=1S/C12H21N3O2/c1-3-5-6-7-8-9-15-10-11(13-14-15)12(16)17-4-2/h10H,3-9H2,1-2H3. The highest BCUT2D eigenvalue weighted by Gasteiger charge is 2.10. The van der Waals surface area contributed by atoms with Gasteiger partial charge in [-0.15, -0.1) is 5.10 Å². The molecule has 0 saturated heterocycles. The highest BCUT2D eigenvalue weighted by atomic mass is 16.5. The molecule has 1 heterocycles. The third-order valence-corrected chi connectivity index (χ3v) is 2.51. The molecule has 1 rings (SSSR count). The Balaban J connectivity index is 2.28. The number of ether oxygens (including phenoxy) is 1. The zero-order chi connectivity index (χ0) is 12.5. The van der Waals surface area contributed by atoms with E-state index in [-0.39, 0.29) is 0 Å². The first-order valence-electron chi connectivity index (χ1n) is 6.35. The molecule has 5 heteroatoms. The predicted molar refractivity (Wildman–Crippen MR) is 64.7 cm³/mol. The molecular weight excluding hydrogens is 218 g/mol. The third kappa shape index (κ3) is 4.97. The van der Waals surface area contributed by atoms with Crippen molar-refractivity contribution >= 4 is 5.97 Å². The van der Waals surface area contributed by atoms with Crippen LogP contribution in [-0.4, -0.2) is 27.6 Å². The van der Waals surface area contributed by atoms with Crippen molar-refractivity contribution in [2.24, 2.45) is 0 Å². The molecule has 0 N–H and O–H groups in total. The molecule has 0 spiro atoms. The van der Waals surface area contributed by atoms with E-state index in [9.17, 15) is 4.79 Å². The average molecular weight is 239 g/mol. The maximum Gasteiger partial charge on any atom is 0.360 e. The van der Waals surface area contributed by atoms with Gasteiger partial charge >= 0.3 is 5.97 Å². The van der Waals surface area contributed by atoms with Crippen molar-refractivity contribution in [3.8, 4) is 0 Å². The fraction of sp³-hybridized carbons (Fsp3) is 0.750. The Morgan fingerprint density at radius 3 is 2.76 bits per heavy atom. The van der Waals surface area contributed by atoms with E-state index in [1.807, 2.05) is 0 Å². The lowest BCUT2D eigenvalue weighted by atomic mass is 10.1. The van der Waals surface area contributed by atoms with Crippen LogP contribution in [0.15, 0.2) is 6.20 Å². The van der Waals surface area contributed by atoms with Gasteiger partial charge in [0, 0.05) is 6.54 Å². The Hall–Kier alpha value is -1.39.